The fraction of sp³-hybridized carbons (Fsp3) is 0.280. The van der Waals surface area contributed by atoms with E-state index in [2.05, 4.69) is 11.9 Å². The molecule has 0 radical (unpaired) electrons. The van der Waals surface area contributed by atoms with Crippen LogP contribution in [-0.2, 0) is 11.3 Å². The van der Waals surface area contributed by atoms with Gasteiger partial charge in [0, 0.05) is 19.2 Å². The van der Waals surface area contributed by atoms with Gasteiger partial charge in [0.15, 0.2) is 11.5 Å². The van der Waals surface area contributed by atoms with Gasteiger partial charge in [-0.3, -0.25) is 9.69 Å². The lowest BCUT2D eigenvalue weighted by atomic mass is 9.95. The molecule has 1 atom stereocenters. The molecule has 3 heterocycles. The van der Waals surface area contributed by atoms with E-state index in [0.29, 0.717) is 59.5 Å². The third-order valence-electron chi connectivity index (χ3n) is 6.13. The molecule has 176 valence electrons. The van der Waals surface area contributed by atoms with Crippen LogP contribution in [0.15, 0.2) is 60.3 Å². The van der Waals surface area contributed by atoms with Crippen molar-refractivity contribution in [1.29, 1.82) is 0 Å². The number of methoxy groups -OCH3 is 2. The minimum atomic E-state index is -0.637. The zero-order valence-corrected chi connectivity index (χ0v) is 19.0. The lowest BCUT2D eigenvalue weighted by molar-refractivity contribution is -0.126. The third kappa shape index (κ3) is 3.68. The lowest BCUT2D eigenvalue weighted by Crippen LogP contribution is -2.47. The number of fused-ring (bicyclic) bond motifs is 1. The molecule has 2 aromatic rings. The zero-order valence-electron chi connectivity index (χ0n) is 19.0. The number of hydrogen-bond donors (Lipinski definition) is 1. The molecule has 3 amide bonds. The van der Waals surface area contributed by atoms with Crippen molar-refractivity contribution in [3.8, 4) is 23.0 Å². The smallest absolute Gasteiger partial charge is 0.322 e. The summed E-state index contributed by atoms with van der Waals surface area (Å²) in [6.45, 7) is 4.92. The Hall–Kier alpha value is -4.14. The number of amides is 3. The molecule has 0 spiro atoms. The molecule has 9 heteroatoms. The molecule has 1 N–H and O–H groups in total. The molecule has 0 saturated heterocycles. The second-order valence-corrected chi connectivity index (χ2v) is 8.14. The summed E-state index contributed by atoms with van der Waals surface area (Å²) in [6, 6.07) is 10.0. The molecule has 0 bridgehead atoms. The first-order chi connectivity index (χ1) is 16.5. The van der Waals surface area contributed by atoms with Gasteiger partial charge in [0.25, 0.3) is 5.91 Å². The van der Waals surface area contributed by atoms with Crippen LogP contribution >= 0.6 is 0 Å². The first kappa shape index (κ1) is 21.7. The Labute approximate surface area is 197 Å². The molecular formula is C25H25N3O6. The molecule has 0 aliphatic carbocycles. The summed E-state index contributed by atoms with van der Waals surface area (Å²) >= 11 is 0. The molecule has 2 aromatic carbocycles. The molecule has 0 saturated carbocycles. The van der Waals surface area contributed by atoms with Crippen LogP contribution in [0.2, 0.25) is 0 Å². The average molecular weight is 463 g/mol. The van der Waals surface area contributed by atoms with Gasteiger partial charge in [0.1, 0.15) is 11.5 Å². The summed E-state index contributed by atoms with van der Waals surface area (Å²) in [5.41, 5.74) is 2.80. The first-order valence-electron chi connectivity index (χ1n) is 10.8. The monoisotopic (exact) mass is 463 g/mol. The van der Waals surface area contributed by atoms with E-state index in [1.807, 2.05) is 18.2 Å². The normalized spacial score (nSPS) is 18.7. The largest absolute Gasteiger partial charge is 0.497 e. The van der Waals surface area contributed by atoms with E-state index in [-0.39, 0.29) is 18.7 Å². The van der Waals surface area contributed by atoms with Crippen molar-refractivity contribution < 1.29 is 28.5 Å². The number of nitrogens with zero attached hydrogens (tertiary/aromatic N) is 2. The predicted octanol–water partition coefficient (Wildman–Crippen LogP) is 2.98. The van der Waals surface area contributed by atoms with Crippen LogP contribution in [0, 0.1) is 0 Å². The Balaban J connectivity index is 1.50. The minimum Gasteiger partial charge on any atom is -0.497 e. The van der Waals surface area contributed by atoms with E-state index in [9.17, 15) is 9.59 Å². The Bertz CT molecular complexity index is 1180. The van der Waals surface area contributed by atoms with Crippen molar-refractivity contribution in [3.63, 3.8) is 0 Å². The SMILES string of the molecule is C=CCN1C(=O)N[C@H](c2cc(OC)cc(OC)c2)C2=C1CN(Cc1ccc3c(c1)OCO3)C2=O. The highest BCUT2D eigenvalue weighted by atomic mass is 16.7. The van der Waals surface area contributed by atoms with Gasteiger partial charge in [-0.05, 0) is 35.4 Å². The van der Waals surface area contributed by atoms with E-state index < -0.39 is 6.04 Å². The van der Waals surface area contributed by atoms with Crippen LogP contribution in [-0.4, -0.2) is 55.8 Å². The molecule has 0 aromatic heterocycles. The van der Waals surface area contributed by atoms with Crippen molar-refractivity contribution in [2.45, 2.75) is 12.6 Å². The van der Waals surface area contributed by atoms with Crippen molar-refractivity contribution >= 4 is 11.9 Å². The van der Waals surface area contributed by atoms with Gasteiger partial charge in [-0.25, -0.2) is 4.79 Å². The van der Waals surface area contributed by atoms with E-state index in [1.54, 1.807) is 48.3 Å². The Morgan fingerprint density at radius 2 is 1.82 bits per heavy atom. The van der Waals surface area contributed by atoms with E-state index >= 15 is 0 Å². The molecule has 5 rings (SSSR count). The number of hydrogen-bond acceptors (Lipinski definition) is 6. The number of rotatable bonds is 7. The Kier molecular flexibility index (Phi) is 5.53. The highest BCUT2D eigenvalue weighted by Crippen LogP contribution is 2.39. The summed E-state index contributed by atoms with van der Waals surface area (Å²) in [6.07, 6.45) is 1.64. The number of nitrogens with one attached hydrogen (secondary N) is 1. The van der Waals surface area contributed by atoms with Crippen molar-refractivity contribution in [3.05, 3.63) is 71.5 Å². The molecule has 34 heavy (non-hydrogen) atoms. The third-order valence-corrected chi connectivity index (χ3v) is 6.13. The van der Waals surface area contributed by atoms with Crippen LogP contribution < -0.4 is 24.3 Å². The van der Waals surface area contributed by atoms with Gasteiger partial charge in [-0.15, -0.1) is 6.58 Å². The van der Waals surface area contributed by atoms with Crippen LogP contribution in [0.5, 0.6) is 23.0 Å². The van der Waals surface area contributed by atoms with E-state index in [0.717, 1.165) is 5.56 Å². The summed E-state index contributed by atoms with van der Waals surface area (Å²) in [5, 5.41) is 2.98. The number of carbonyl (C=O) groups is 2. The van der Waals surface area contributed by atoms with Crippen LogP contribution in [0.25, 0.3) is 0 Å². The first-order valence-corrected chi connectivity index (χ1v) is 10.8. The second-order valence-electron chi connectivity index (χ2n) is 8.14. The number of benzene rings is 2. The Morgan fingerprint density at radius 3 is 2.53 bits per heavy atom. The van der Waals surface area contributed by atoms with Gasteiger partial charge in [-0.1, -0.05) is 12.1 Å². The van der Waals surface area contributed by atoms with Crippen molar-refractivity contribution in [1.82, 2.24) is 15.1 Å². The topological polar surface area (TPSA) is 89.6 Å². The molecular weight excluding hydrogens is 438 g/mol. The molecule has 3 aliphatic heterocycles. The van der Waals surface area contributed by atoms with Crippen LogP contribution in [0.3, 0.4) is 0 Å². The van der Waals surface area contributed by atoms with E-state index in [4.69, 9.17) is 18.9 Å². The standard InChI is InChI=1S/C25H25N3O6/c1-4-7-28-19-13-27(12-15-5-6-20-21(8-15)34-14-33-20)24(29)22(19)23(26-25(28)30)16-9-17(31-2)11-18(10-16)32-3/h4-6,8-11,23H,1,7,12-14H2,2-3H3,(H,26,30)/t23-/m1/s1. The van der Waals surface area contributed by atoms with Gasteiger partial charge in [-0.2, -0.15) is 0 Å². The fourth-order valence-electron chi connectivity index (χ4n) is 4.50. The lowest BCUT2D eigenvalue weighted by Gasteiger charge is -2.33. The van der Waals surface area contributed by atoms with Crippen LogP contribution in [0.4, 0.5) is 4.79 Å². The van der Waals surface area contributed by atoms with Crippen LogP contribution in [0.1, 0.15) is 17.2 Å². The minimum absolute atomic E-state index is 0.145. The predicted molar refractivity (Wildman–Crippen MR) is 123 cm³/mol. The highest BCUT2D eigenvalue weighted by Gasteiger charge is 2.44. The van der Waals surface area contributed by atoms with Gasteiger partial charge in [0.2, 0.25) is 6.79 Å². The second kappa shape index (κ2) is 8.66. The Morgan fingerprint density at radius 1 is 1.09 bits per heavy atom. The maximum Gasteiger partial charge on any atom is 0.322 e. The van der Waals surface area contributed by atoms with Gasteiger partial charge in [0.05, 0.1) is 38.1 Å². The molecule has 0 unspecified atom stereocenters. The summed E-state index contributed by atoms with van der Waals surface area (Å²) in [4.78, 5) is 30.0. The number of carbonyl (C=O) groups excluding carboxylic acids is 2. The van der Waals surface area contributed by atoms with Crippen molar-refractivity contribution in [2.75, 3.05) is 34.1 Å². The molecule has 3 aliphatic rings. The summed E-state index contributed by atoms with van der Waals surface area (Å²) in [7, 11) is 3.12. The number of urea groups is 1. The average Bonchev–Trinajstić information content (AvgIpc) is 3.44. The highest BCUT2D eigenvalue weighted by molar-refractivity contribution is 6.01. The van der Waals surface area contributed by atoms with Crippen molar-refractivity contribution in [2.24, 2.45) is 0 Å². The fourth-order valence-corrected chi connectivity index (χ4v) is 4.50. The zero-order chi connectivity index (χ0) is 23.8. The van der Waals surface area contributed by atoms with E-state index in [1.165, 1.54) is 0 Å². The molecule has 0 fully saturated rings. The quantitative estimate of drug-likeness (QED) is 0.635. The maximum absolute atomic E-state index is 13.7. The maximum atomic E-state index is 13.7. The summed E-state index contributed by atoms with van der Waals surface area (Å²) < 4.78 is 21.7. The van der Waals surface area contributed by atoms with Gasteiger partial charge < -0.3 is 29.2 Å². The number of ether oxygens (including phenoxy) is 4. The summed E-state index contributed by atoms with van der Waals surface area (Å²) in [5.74, 6) is 2.35. The molecule has 9 nitrogen and oxygen atoms in total. The van der Waals surface area contributed by atoms with Gasteiger partial charge >= 0.3 is 6.03 Å².